The normalized spacial score (nSPS) is 11.4. The number of aromatic nitrogens is 4. The zero-order valence-corrected chi connectivity index (χ0v) is 14.1. The number of hydrogen-bond acceptors (Lipinski definition) is 6. The summed E-state index contributed by atoms with van der Waals surface area (Å²) in [5.41, 5.74) is 2.45. The quantitative estimate of drug-likeness (QED) is 0.537. The molecule has 126 valence electrons. The largest absolute Gasteiger partial charge is 0.508 e. The second-order valence-corrected chi connectivity index (χ2v) is 6.67. The van der Waals surface area contributed by atoms with E-state index in [2.05, 4.69) is 10.2 Å². The molecule has 6 nitrogen and oxygen atoms in total. The molecule has 0 fully saturated rings. The van der Waals surface area contributed by atoms with E-state index in [1.165, 1.54) is 0 Å². The van der Waals surface area contributed by atoms with Crippen LogP contribution < -0.4 is 0 Å². The van der Waals surface area contributed by atoms with Gasteiger partial charge in [0.25, 0.3) is 0 Å². The van der Waals surface area contributed by atoms with Crippen molar-refractivity contribution in [2.45, 2.75) is 5.75 Å². The van der Waals surface area contributed by atoms with Crippen molar-refractivity contribution in [2.75, 3.05) is 12.4 Å². The molecule has 0 bridgehead atoms. The van der Waals surface area contributed by atoms with Gasteiger partial charge in [-0.25, -0.2) is 0 Å². The van der Waals surface area contributed by atoms with Gasteiger partial charge in [0.05, 0.1) is 18.1 Å². The Morgan fingerprint density at radius 1 is 0.960 bits per heavy atom. The third-order valence-corrected chi connectivity index (χ3v) is 4.87. The second kappa shape index (κ2) is 6.70. The molecule has 0 atom stereocenters. The highest BCUT2D eigenvalue weighted by Gasteiger charge is 2.15. The highest BCUT2D eigenvalue weighted by molar-refractivity contribution is 7.98. The molecule has 2 heterocycles. The van der Waals surface area contributed by atoms with Gasteiger partial charge in [0.2, 0.25) is 0 Å². The van der Waals surface area contributed by atoms with E-state index in [-0.39, 0.29) is 12.4 Å². The van der Waals surface area contributed by atoms with Crippen molar-refractivity contribution >= 4 is 28.2 Å². The summed E-state index contributed by atoms with van der Waals surface area (Å²) in [4.78, 5) is 0. The maximum absolute atomic E-state index is 9.55. The number of aromatic hydroxyl groups is 1. The van der Waals surface area contributed by atoms with E-state index in [9.17, 15) is 5.11 Å². The number of phenols is 1. The number of aliphatic hydroxyl groups is 1. The van der Waals surface area contributed by atoms with Gasteiger partial charge >= 0.3 is 0 Å². The first-order chi connectivity index (χ1) is 12.3. The molecule has 0 aliphatic heterocycles. The number of fused-ring (bicyclic) bond motifs is 3. The minimum Gasteiger partial charge on any atom is -0.508 e. The Hall–Kier alpha value is -2.64. The molecule has 0 aliphatic rings. The van der Waals surface area contributed by atoms with E-state index in [1.807, 2.05) is 36.4 Å². The van der Waals surface area contributed by atoms with Crippen LogP contribution in [0.25, 0.3) is 27.7 Å². The van der Waals surface area contributed by atoms with E-state index in [1.54, 1.807) is 28.4 Å². The van der Waals surface area contributed by atoms with Gasteiger partial charge in [-0.3, -0.25) is 0 Å². The van der Waals surface area contributed by atoms with Gasteiger partial charge in [-0.1, -0.05) is 24.3 Å². The van der Waals surface area contributed by atoms with Crippen LogP contribution in [0.4, 0.5) is 0 Å². The Bertz CT molecular complexity index is 1030. The van der Waals surface area contributed by atoms with Crippen molar-refractivity contribution in [1.29, 1.82) is 0 Å². The van der Waals surface area contributed by atoms with Crippen LogP contribution in [0.5, 0.6) is 5.75 Å². The third kappa shape index (κ3) is 2.92. The molecule has 0 spiro atoms. The molecule has 2 aromatic heterocycles. The maximum Gasteiger partial charge on any atom is 0.185 e. The van der Waals surface area contributed by atoms with Crippen LogP contribution in [0.3, 0.4) is 0 Å². The van der Waals surface area contributed by atoms with Crippen LogP contribution in [0.15, 0.2) is 48.5 Å². The zero-order valence-electron chi connectivity index (χ0n) is 13.3. The van der Waals surface area contributed by atoms with Gasteiger partial charge in [0, 0.05) is 22.1 Å². The minimum atomic E-state index is 0.135. The summed E-state index contributed by atoms with van der Waals surface area (Å²) in [7, 11) is 0. The van der Waals surface area contributed by atoms with Crippen LogP contribution in [0.1, 0.15) is 5.82 Å². The van der Waals surface area contributed by atoms with Gasteiger partial charge < -0.3 is 10.2 Å². The lowest BCUT2D eigenvalue weighted by Gasteiger charge is -2.08. The van der Waals surface area contributed by atoms with E-state index in [0.29, 0.717) is 11.5 Å². The average molecular weight is 352 g/mol. The van der Waals surface area contributed by atoms with Crippen molar-refractivity contribution in [2.24, 2.45) is 0 Å². The van der Waals surface area contributed by atoms with Gasteiger partial charge in [-0.15, -0.1) is 10.2 Å². The molecular weight excluding hydrogens is 336 g/mol. The average Bonchev–Trinajstić information content (AvgIpc) is 3.05. The lowest BCUT2D eigenvalue weighted by Crippen LogP contribution is -2.01. The molecular formula is C18H16N4O2S. The second-order valence-electron chi connectivity index (χ2n) is 5.57. The standard InChI is InChI=1S/C18H16N4O2S/c23-9-10-25-11-16-19-20-18-15-4-2-1-3-14(15)17(21-22(16)18)12-5-7-13(24)8-6-12/h1-8,23-24H,9-11H2. The first kappa shape index (κ1) is 15.9. The number of thioether (sulfide) groups is 1. The molecule has 2 N–H and O–H groups in total. The molecule has 7 heteroatoms. The number of nitrogens with zero attached hydrogens (tertiary/aromatic N) is 4. The zero-order chi connectivity index (χ0) is 17.2. The first-order valence-electron chi connectivity index (χ1n) is 7.89. The first-order valence-corrected chi connectivity index (χ1v) is 9.04. The molecule has 4 rings (SSSR count). The molecule has 2 aromatic carbocycles. The molecule has 0 radical (unpaired) electrons. The number of hydrogen-bond donors (Lipinski definition) is 2. The lowest BCUT2D eigenvalue weighted by molar-refractivity contribution is 0.322. The van der Waals surface area contributed by atoms with Crippen molar-refractivity contribution in [3.8, 4) is 17.0 Å². The number of rotatable bonds is 5. The highest BCUT2D eigenvalue weighted by Crippen LogP contribution is 2.30. The molecule has 0 saturated heterocycles. The Morgan fingerprint density at radius 3 is 2.48 bits per heavy atom. The Morgan fingerprint density at radius 2 is 1.72 bits per heavy atom. The fourth-order valence-electron chi connectivity index (χ4n) is 2.77. The minimum absolute atomic E-state index is 0.135. The molecule has 4 aromatic rings. The summed E-state index contributed by atoms with van der Waals surface area (Å²) >= 11 is 1.59. The topological polar surface area (TPSA) is 83.5 Å². The van der Waals surface area contributed by atoms with Gasteiger partial charge in [-0.2, -0.15) is 21.4 Å². The predicted octanol–water partition coefficient (Wildman–Crippen LogP) is 2.88. The van der Waals surface area contributed by atoms with Crippen LogP contribution in [0, 0.1) is 0 Å². The monoisotopic (exact) mass is 352 g/mol. The lowest BCUT2D eigenvalue weighted by atomic mass is 10.0. The molecule has 0 unspecified atom stereocenters. The smallest absolute Gasteiger partial charge is 0.185 e. The number of benzene rings is 2. The predicted molar refractivity (Wildman–Crippen MR) is 98.6 cm³/mol. The van der Waals surface area contributed by atoms with Gasteiger partial charge in [0.15, 0.2) is 11.5 Å². The van der Waals surface area contributed by atoms with Gasteiger partial charge in [0.1, 0.15) is 5.75 Å². The van der Waals surface area contributed by atoms with E-state index >= 15 is 0 Å². The van der Waals surface area contributed by atoms with Gasteiger partial charge in [-0.05, 0) is 24.3 Å². The molecule has 0 amide bonds. The molecule has 0 saturated carbocycles. The Balaban J connectivity index is 1.93. The van der Waals surface area contributed by atoms with Crippen LogP contribution >= 0.6 is 11.8 Å². The Labute approximate surface area is 148 Å². The van der Waals surface area contributed by atoms with E-state index < -0.39 is 0 Å². The highest BCUT2D eigenvalue weighted by atomic mass is 32.2. The number of phenolic OH excluding ortho intramolecular Hbond substituents is 1. The Kier molecular flexibility index (Phi) is 4.25. The van der Waals surface area contributed by atoms with Crippen molar-refractivity contribution < 1.29 is 10.2 Å². The molecule has 25 heavy (non-hydrogen) atoms. The third-order valence-electron chi connectivity index (χ3n) is 3.94. The fourth-order valence-corrected chi connectivity index (χ4v) is 3.41. The van der Waals surface area contributed by atoms with Crippen LogP contribution in [0.2, 0.25) is 0 Å². The summed E-state index contributed by atoms with van der Waals surface area (Å²) in [6, 6.07) is 15.0. The SMILES string of the molecule is OCCSCc1nnc2c3ccccc3c(-c3ccc(O)cc3)nn12. The molecule has 0 aliphatic carbocycles. The summed E-state index contributed by atoms with van der Waals surface area (Å²) in [5.74, 6) is 2.24. The fraction of sp³-hybridized carbons (Fsp3) is 0.167. The maximum atomic E-state index is 9.55. The van der Waals surface area contributed by atoms with E-state index in [0.717, 1.165) is 33.5 Å². The summed E-state index contributed by atoms with van der Waals surface area (Å²) in [5, 5.41) is 33.8. The summed E-state index contributed by atoms with van der Waals surface area (Å²) < 4.78 is 1.77. The van der Waals surface area contributed by atoms with E-state index in [4.69, 9.17) is 10.2 Å². The van der Waals surface area contributed by atoms with Crippen molar-refractivity contribution in [3.63, 3.8) is 0 Å². The number of aliphatic hydroxyl groups excluding tert-OH is 1. The van der Waals surface area contributed by atoms with Crippen LogP contribution in [-0.2, 0) is 5.75 Å². The van der Waals surface area contributed by atoms with Crippen molar-refractivity contribution in [3.05, 3.63) is 54.4 Å². The summed E-state index contributed by atoms with van der Waals surface area (Å²) in [6.07, 6.45) is 0. The van der Waals surface area contributed by atoms with Crippen molar-refractivity contribution in [1.82, 2.24) is 19.8 Å². The van der Waals surface area contributed by atoms with Crippen LogP contribution in [-0.4, -0.2) is 42.4 Å². The summed E-state index contributed by atoms with van der Waals surface area (Å²) in [6.45, 7) is 0.135.